The molecule has 0 unspecified atom stereocenters. The van der Waals surface area contributed by atoms with E-state index in [1.54, 1.807) is 0 Å². The molecule has 0 saturated carbocycles. The Hall–Kier alpha value is -6.84. The van der Waals surface area contributed by atoms with Gasteiger partial charge in [0, 0.05) is 51.1 Å². The lowest BCUT2D eigenvalue weighted by Gasteiger charge is -2.14. The van der Waals surface area contributed by atoms with Crippen LogP contribution >= 0.6 is 0 Å². The van der Waals surface area contributed by atoms with Crippen LogP contribution in [0, 0.1) is 0 Å². The molecule has 1 aliphatic carbocycles. The highest BCUT2D eigenvalue weighted by Crippen LogP contribution is 2.36. The van der Waals surface area contributed by atoms with Gasteiger partial charge in [-0.05, 0) is 106 Å². The second-order valence-electron chi connectivity index (χ2n) is 14.0. The summed E-state index contributed by atoms with van der Waals surface area (Å²) in [7, 11) is 2.10. The zero-order chi connectivity index (χ0) is 36.6. The van der Waals surface area contributed by atoms with Gasteiger partial charge in [0.05, 0.1) is 0 Å². The van der Waals surface area contributed by atoms with Crippen molar-refractivity contribution in [2.45, 2.75) is 12.8 Å². The van der Waals surface area contributed by atoms with Crippen molar-refractivity contribution >= 4 is 38.9 Å². The van der Waals surface area contributed by atoms with Crippen LogP contribution < -0.4 is 0 Å². The summed E-state index contributed by atoms with van der Waals surface area (Å²) in [6.07, 6.45) is 5.91. The van der Waals surface area contributed by atoms with Crippen LogP contribution in [-0.2, 0) is 7.05 Å². The Kier molecular flexibility index (Phi) is 8.53. The third kappa shape index (κ3) is 6.20. The standard InChI is InChI=1S/C51H37NO2/c1-52-48-26-24-40(38-18-10-22-44(30-38)50(53)42-20-8-16-36(28-42)34-12-4-2-5-13-34)32-46(48)47-33-41(25-27-49(47)52)39-19-11-23-45(31-39)51(54)43-21-9-17-37(29-43)35-14-6-3-7-15-35/h2-8,10-16,18-33H,9,17H2,1H3. The van der Waals surface area contributed by atoms with Crippen LogP contribution in [0.2, 0.25) is 0 Å². The summed E-state index contributed by atoms with van der Waals surface area (Å²) in [5.41, 5.74) is 13.6. The van der Waals surface area contributed by atoms with Crippen LogP contribution in [-0.4, -0.2) is 16.1 Å². The zero-order valence-electron chi connectivity index (χ0n) is 30.0. The topological polar surface area (TPSA) is 39.1 Å². The van der Waals surface area contributed by atoms with Crippen molar-refractivity contribution in [2.75, 3.05) is 0 Å². The summed E-state index contributed by atoms with van der Waals surface area (Å²) >= 11 is 0. The maximum absolute atomic E-state index is 13.8. The van der Waals surface area contributed by atoms with Gasteiger partial charge in [0.2, 0.25) is 0 Å². The Bertz CT molecular complexity index is 2800. The fourth-order valence-corrected chi connectivity index (χ4v) is 7.80. The highest BCUT2D eigenvalue weighted by Gasteiger charge is 2.18. The van der Waals surface area contributed by atoms with E-state index in [-0.39, 0.29) is 11.6 Å². The predicted molar refractivity (Wildman–Crippen MR) is 223 cm³/mol. The average molecular weight is 696 g/mol. The van der Waals surface area contributed by atoms with E-state index in [9.17, 15) is 9.59 Å². The normalized spacial score (nSPS) is 12.8. The van der Waals surface area contributed by atoms with E-state index in [0.717, 1.165) is 73.6 Å². The molecule has 0 bridgehead atoms. The van der Waals surface area contributed by atoms with Gasteiger partial charge in [0.15, 0.2) is 11.6 Å². The van der Waals surface area contributed by atoms with Crippen molar-refractivity contribution in [1.29, 1.82) is 0 Å². The number of ketones is 2. The molecule has 8 aromatic rings. The van der Waals surface area contributed by atoms with Crippen LogP contribution in [0.25, 0.3) is 60.8 Å². The van der Waals surface area contributed by atoms with Crippen molar-refractivity contribution in [3.05, 3.63) is 210 Å². The first-order chi connectivity index (χ1) is 26.5. The van der Waals surface area contributed by atoms with Crippen LogP contribution in [0.3, 0.4) is 0 Å². The van der Waals surface area contributed by atoms with Crippen molar-refractivity contribution in [1.82, 2.24) is 4.57 Å². The molecule has 54 heavy (non-hydrogen) atoms. The van der Waals surface area contributed by atoms with Gasteiger partial charge in [-0.1, -0.05) is 133 Å². The van der Waals surface area contributed by atoms with Gasteiger partial charge in [0.25, 0.3) is 0 Å². The largest absolute Gasteiger partial charge is 0.344 e. The van der Waals surface area contributed by atoms with E-state index in [2.05, 4.69) is 96.6 Å². The number of aryl methyl sites for hydroxylation is 1. The van der Waals surface area contributed by atoms with Gasteiger partial charge in [-0.3, -0.25) is 9.59 Å². The van der Waals surface area contributed by atoms with Crippen molar-refractivity contribution in [2.24, 2.45) is 7.05 Å². The molecule has 0 saturated heterocycles. The third-order valence-electron chi connectivity index (χ3n) is 10.7. The lowest BCUT2D eigenvalue weighted by atomic mass is 9.89. The summed E-state index contributed by atoms with van der Waals surface area (Å²) < 4.78 is 2.23. The number of allylic oxidation sites excluding steroid dienone is 4. The molecule has 0 aliphatic heterocycles. The predicted octanol–water partition coefficient (Wildman–Crippen LogP) is 12.5. The third-order valence-corrected chi connectivity index (χ3v) is 10.7. The fraction of sp³-hybridized carbons (Fsp3) is 0.0588. The number of carbonyl (C=O) groups is 2. The smallest absolute Gasteiger partial charge is 0.193 e. The quantitative estimate of drug-likeness (QED) is 0.148. The Morgan fingerprint density at radius 2 is 0.889 bits per heavy atom. The van der Waals surface area contributed by atoms with Gasteiger partial charge in [-0.15, -0.1) is 0 Å². The SMILES string of the molecule is Cn1c2ccc(-c3cccc(C(=O)C4=CCCC(c5ccccc5)=C4)c3)cc2c2cc(-c3cccc(C(=O)c4cccc(-c5ccccc5)c4)c3)ccc21. The van der Waals surface area contributed by atoms with E-state index in [4.69, 9.17) is 0 Å². The number of benzene rings is 7. The minimum absolute atomic E-state index is 0.00124. The lowest BCUT2D eigenvalue weighted by Crippen LogP contribution is -2.05. The van der Waals surface area contributed by atoms with Gasteiger partial charge in [-0.25, -0.2) is 0 Å². The first kappa shape index (κ1) is 33.0. The Morgan fingerprint density at radius 1 is 0.444 bits per heavy atom. The Labute approximate surface area is 315 Å². The second kappa shape index (κ2) is 13.9. The minimum atomic E-state index is -0.00124. The number of carbonyl (C=O) groups excluding carboxylic acids is 2. The van der Waals surface area contributed by atoms with Gasteiger partial charge in [0.1, 0.15) is 0 Å². The van der Waals surface area contributed by atoms with Crippen LogP contribution in [0.4, 0.5) is 0 Å². The molecule has 258 valence electrons. The van der Waals surface area contributed by atoms with E-state index in [0.29, 0.717) is 16.7 Å². The molecule has 0 amide bonds. The van der Waals surface area contributed by atoms with Gasteiger partial charge < -0.3 is 4.57 Å². The number of Topliss-reactive ketones (excluding diaryl/α,β-unsaturated/α-hetero) is 1. The molecule has 0 N–H and O–H groups in total. The Morgan fingerprint density at radius 3 is 1.43 bits per heavy atom. The fourth-order valence-electron chi connectivity index (χ4n) is 7.80. The van der Waals surface area contributed by atoms with E-state index < -0.39 is 0 Å². The van der Waals surface area contributed by atoms with Crippen molar-refractivity contribution in [3.8, 4) is 33.4 Å². The molecular weight excluding hydrogens is 659 g/mol. The number of hydrogen-bond acceptors (Lipinski definition) is 2. The van der Waals surface area contributed by atoms with Crippen LogP contribution in [0.5, 0.6) is 0 Å². The molecule has 3 nitrogen and oxygen atoms in total. The molecule has 1 aliphatic rings. The summed E-state index contributed by atoms with van der Waals surface area (Å²) in [5.74, 6) is 0.0455. The molecule has 0 fully saturated rings. The molecule has 0 atom stereocenters. The van der Waals surface area contributed by atoms with E-state index in [1.807, 2.05) is 97.1 Å². The molecule has 1 aromatic heterocycles. The number of rotatable bonds is 8. The number of fused-ring (bicyclic) bond motifs is 3. The first-order valence-electron chi connectivity index (χ1n) is 18.4. The lowest BCUT2D eigenvalue weighted by molar-refractivity contribution is 0.103. The van der Waals surface area contributed by atoms with Gasteiger partial charge in [-0.2, -0.15) is 0 Å². The molecule has 7 aromatic carbocycles. The summed E-state index contributed by atoms with van der Waals surface area (Å²) in [4.78, 5) is 27.6. The molecule has 0 radical (unpaired) electrons. The molecule has 9 rings (SSSR count). The number of nitrogens with zero attached hydrogens (tertiary/aromatic N) is 1. The first-order valence-corrected chi connectivity index (χ1v) is 18.4. The van der Waals surface area contributed by atoms with Crippen LogP contribution in [0.1, 0.15) is 44.7 Å². The van der Waals surface area contributed by atoms with Gasteiger partial charge >= 0.3 is 0 Å². The zero-order valence-corrected chi connectivity index (χ0v) is 30.0. The monoisotopic (exact) mass is 695 g/mol. The highest BCUT2D eigenvalue weighted by atomic mass is 16.1. The summed E-state index contributed by atoms with van der Waals surface area (Å²) in [6.45, 7) is 0. The second-order valence-corrected chi connectivity index (χ2v) is 14.0. The molecule has 3 heteroatoms. The maximum Gasteiger partial charge on any atom is 0.193 e. The van der Waals surface area contributed by atoms with Crippen molar-refractivity contribution in [3.63, 3.8) is 0 Å². The molecule has 1 heterocycles. The minimum Gasteiger partial charge on any atom is -0.344 e. The molecule has 0 spiro atoms. The van der Waals surface area contributed by atoms with E-state index >= 15 is 0 Å². The molecular formula is C51H37NO2. The number of hydrogen-bond donors (Lipinski definition) is 0. The van der Waals surface area contributed by atoms with E-state index in [1.165, 1.54) is 11.1 Å². The van der Waals surface area contributed by atoms with Crippen molar-refractivity contribution < 1.29 is 9.59 Å². The maximum atomic E-state index is 13.8. The summed E-state index contributed by atoms with van der Waals surface area (Å²) in [5, 5.41) is 2.27. The van der Waals surface area contributed by atoms with Crippen LogP contribution in [0.15, 0.2) is 188 Å². The number of aromatic nitrogens is 1. The highest BCUT2D eigenvalue weighted by molar-refractivity contribution is 6.14. The summed E-state index contributed by atoms with van der Waals surface area (Å²) in [6, 6.07) is 57.3. The average Bonchev–Trinajstić information content (AvgIpc) is 3.53. The Balaban J connectivity index is 1.03.